The Morgan fingerprint density at radius 2 is 2.09 bits per heavy atom. The van der Waals surface area contributed by atoms with Gasteiger partial charge in [-0.2, -0.15) is 0 Å². The van der Waals surface area contributed by atoms with E-state index in [0.717, 1.165) is 18.6 Å². The zero-order valence-electron chi connectivity index (χ0n) is 12.8. The van der Waals surface area contributed by atoms with Crippen LogP contribution >= 0.6 is 11.3 Å². The number of nitrogens with zero attached hydrogens (tertiary/aromatic N) is 2. The van der Waals surface area contributed by atoms with Crippen molar-refractivity contribution in [1.29, 1.82) is 0 Å². The first kappa shape index (κ1) is 14.6. The number of rotatable bonds is 2. The molecule has 0 radical (unpaired) electrons. The molecule has 2 aliphatic heterocycles. The molecular formula is C16H18N4O2S. The SMILES string of the molecule is C[C@H](c1ccc2scnc2c1)N1CCC2(CC1)NC(=O)NC2=O. The second-order valence-electron chi connectivity index (χ2n) is 6.28. The second kappa shape index (κ2) is 5.28. The third kappa shape index (κ3) is 2.40. The van der Waals surface area contributed by atoms with Gasteiger partial charge in [-0.1, -0.05) is 6.07 Å². The smallest absolute Gasteiger partial charge is 0.322 e. The van der Waals surface area contributed by atoms with Gasteiger partial charge in [-0.05, 0) is 37.5 Å². The molecule has 23 heavy (non-hydrogen) atoms. The van der Waals surface area contributed by atoms with Gasteiger partial charge in [-0.25, -0.2) is 9.78 Å². The van der Waals surface area contributed by atoms with Gasteiger partial charge in [0, 0.05) is 19.1 Å². The van der Waals surface area contributed by atoms with Crippen molar-refractivity contribution >= 4 is 33.5 Å². The quantitative estimate of drug-likeness (QED) is 0.826. The zero-order valence-corrected chi connectivity index (χ0v) is 13.7. The summed E-state index contributed by atoms with van der Waals surface area (Å²) in [5, 5.41) is 5.16. The van der Waals surface area contributed by atoms with E-state index in [-0.39, 0.29) is 18.0 Å². The summed E-state index contributed by atoms with van der Waals surface area (Å²) in [5.41, 5.74) is 3.44. The highest BCUT2D eigenvalue weighted by molar-refractivity contribution is 7.16. The molecule has 4 rings (SSSR count). The Kier molecular flexibility index (Phi) is 3.35. The summed E-state index contributed by atoms with van der Waals surface area (Å²) in [7, 11) is 0. The van der Waals surface area contributed by atoms with E-state index in [2.05, 4.69) is 45.6 Å². The highest BCUT2D eigenvalue weighted by Gasteiger charge is 2.48. The van der Waals surface area contributed by atoms with Crippen molar-refractivity contribution in [2.45, 2.75) is 31.3 Å². The largest absolute Gasteiger partial charge is 0.323 e. The van der Waals surface area contributed by atoms with Gasteiger partial charge in [0.05, 0.1) is 15.7 Å². The lowest BCUT2D eigenvalue weighted by Crippen LogP contribution is -2.55. The first-order valence-corrected chi connectivity index (χ1v) is 8.66. The van der Waals surface area contributed by atoms with Gasteiger partial charge in [-0.3, -0.25) is 15.0 Å². The summed E-state index contributed by atoms with van der Waals surface area (Å²) < 4.78 is 1.20. The number of piperidine rings is 1. The number of carbonyl (C=O) groups excluding carboxylic acids is 2. The van der Waals surface area contributed by atoms with Gasteiger partial charge in [0.25, 0.3) is 5.91 Å². The fourth-order valence-electron chi connectivity index (χ4n) is 3.52. The molecule has 1 aromatic carbocycles. The minimum Gasteiger partial charge on any atom is -0.323 e. The predicted molar refractivity (Wildman–Crippen MR) is 88.2 cm³/mol. The monoisotopic (exact) mass is 330 g/mol. The maximum atomic E-state index is 12.0. The molecule has 2 fully saturated rings. The number of urea groups is 1. The molecule has 6 nitrogen and oxygen atoms in total. The Morgan fingerprint density at radius 3 is 2.78 bits per heavy atom. The molecule has 1 spiro atoms. The first-order valence-electron chi connectivity index (χ1n) is 7.78. The lowest BCUT2D eigenvalue weighted by Gasteiger charge is -2.40. The number of hydrogen-bond donors (Lipinski definition) is 2. The zero-order chi connectivity index (χ0) is 16.0. The van der Waals surface area contributed by atoms with Crippen molar-refractivity contribution in [3.05, 3.63) is 29.3 Å². The van der Waals surface area contributed by atoms with Crippen molar-refractivity contribution in [2.24, 2.45) is 0 Å². The van der Waals surface area contributed by atoms with Crippen molar-refractivity contribution < 1.29 is 9.59 Å². The van der Waals surface area contributed by atoms with Crippen LogP contribution in [0.3, 0.4) is 0 Å². The number of amides is 3. The molecule has 2 saturated heterocycles. The Morgan fingerprint density at radius 1 is 1.30 bits per heavy atom. The Bertz CT molecular complexity index is 779. The predicted octanol–water partition coefficient (Wildman–Crippen LogP) is 2.03. The molecule has 2 aliphatic rings. The topological polar surface area (TPSA) is 74.3 Å². The van der Waals surface area contributed by atoms with Crippen LogP contribution in [0.1, 0.15) is 31.4 Å². The van der Waals surface area contributed by atoms with E-state index >= 15 is 0 Å². The number of imide groups is 1. The van der Waals surface area contributed by atoms with E-state index in [1.54, 1.807) is 11.3 Å². The highest BCUT2D eigenvalue weighted by atomic mass is 32.1. The van der Waals surface area contributed by atoms with E-state index in [0.29, 0.717) is 12.8 Å². The van der Waals surface area contributed by atoms with Crippen LogP contribution in [0, 0.1) is 0 Å². The molecule has 3 heterocycles. The number of aromatic nitrogens is 1. The summed E-state index contributed by atoms with van der Waals surface area (Å²) >= 11 is 1.65. The normalized spacial score (nSPS) is 22.3. The molecule has 120 valence electrons. The van der Waals surface area contributed by atoms with Crippen LogP contribution in [0.2, 0.25) is 0 Å². The van der Waals surface area contributed by atoms with Crippen molar-refractivity contribution in [1.82, 2.24) is 20.5 Å². The lowest BCUT2D eigenvalue weighted by atomic mass is 9.86. The average molecular weight is 330 g/mol. The standard InChI is InChI=1S/C16H18N4O2S/c1-10(11-2-3-13-12(8-11)17-9-23-13)20-6-4-16(5-7-20)14(21)18-15(22)19-16/h2-3,8-10H,4-7H2,1H3,(H2,18,19,21,22)/t10-/m1/s1. The summed E-state index contributed by atoms with van der Waals surface area (Å²) in [6, 6.07) is 6.31. The van der Waals surface area contributed by atoms with E-state index in [9.17, 15) is 9.59 Å². The molecule has 7 heteroatoms. The van der Waals surface area contributed by atoms with Gasteiger partial charge in [0.2, 0.25) is 0 Å². The van der Waals surface area contributed by atoms with Gasteiger partial charge >= 0.3 is 6.03 Å². The minimum absolute atomic E-state index is 0.182. The third-order valence-electron chi connectivity index (χ3n) is 5.05. The molecule has 3 amide bonds. The summed E-state index contributed by atoms with van der Waals surface area (Å²) in [6.07, 6.45) is 1.29. The van der Waals surface area contributed by atoms with E-state index < -0.39 is 5.54 Å². The number of hydrogen-bond acceptors (Lipinski definition) is 5. The first-order chi connectivity index (χ1) is 11.1. The van der Waals surface area contributed by atoms with Gasteiger partial charge < -0.3 is 5.32 Å². The Balaban J connectivity index is 1.49. The van der Waals surface area contributed by atoms with Crippen LogP contribution in [0.15, 0.2) is 23.7 Å². The molecule has 1 atom stereocenters. The van der Waals surface area contributed by atoms with E-state index in [1.807, 2.05) is 5.51 Å². The molecule has 2 aromatic rings. The molecular weight excluding hydrogens is 312 g/mol. The molecule has 0 saturated carbocycles. The Hall–Kier alpha value is -1.99. The molecule has 2 N–H and O–H groups in total. The number of likely N-dealkylation sites (tertiary alicyclic amines) is 1. The van der Waals surface area contributed by atoms with Crippen LogP contribution in [-0.4, -0.2) is 40.5 Å². The maximum absolute atomic E-state index is 12.0. The summed E-state index contributed by atoms with van der Waals surface area (Å²) in [6.45, 7) is 3.74. The van der Waals surface area contributed by atoms with E-state index in [1.165, 1.54) is 10.3 Å². The van der Waals surface area contributed by atoms with Crippen LogP contribution in [0.4, 0.5) is 4.79 Å². The fourth-order valence-corrected chi connectivity index (χ4v) is 4.18. The minimum atomic E-state index is -0.702. The fraction of sp³-hybridized carbons (Fsp3) is 0.438. The molecule has 0 bridgehead atoms. The number of fused-ring (bicyclic) bond motifs is 1. The molecule has 0 aliphatic carbocycles. The highest BCUT2D eigenvalue weighted by Crippen LogP contribution is 2.32. The van der Waals surface area contributed by atoms with Gasteiger partial charge in [0.1, 0.15) is 5.54 Å². The van der Waals surface area contributed by atoms with Crippen LogP contribution in [0.5, 0.6) is 0 Å². The van der Waals surface area contributed by atoms with E-state index in [4.69, 9.17) is 0 Å². The summed E-state index contributed by atoms with van der Waals surface area (Å²) in [5.74, 6) is -0.182. The lowest BCUT2D eigenvalue weighted by molar-refractivity contribution is -0.125. The summed E-state index contributed by atoms with van der Waals surface area (Å²) in [4.78, 5) is 30.1. The van der Waals surface area contributed by atoms with Crippen molar-refractivity contribution in [2.75, 3.05) is 13.1 Å². The average Bonchev–Trinajstić information content (AvgIpc) is 3.11. The number of nitrogens with one attached hydrogen (secondary N) is 2. The van der Waals surface area contributed by atoms with Gasteiger partial charge in [-0.15, -0.1) is 11.3 Å². The maximum Gasteiger partial charge on any atom is 0.322 e. The number of carbonyl (C=O) groups is 2. The van der Waals surface area contributed by atoms with Crippen LogP contribution < -0.4 is 10.6 Å². The third-order valence-corrected chi connectivity index (χ3v) is 5.86. The molecule has 0 unspecified atom stereocenters. The second-order valence-corrected chi connectivity index (χ2v) is 7.17. The van der Waals surface area contributed by atoms with Crippen LogP contribution in [-0.2, 0) is 4.79 Å². The van der Waals surface area contributed by atoms with Gasteiger partial charge in [0.15, 0.2) is 0 Å². The molecule has 1 aromatic heterocycles. The Labute approximate surface area is 137 Å². The number of benzene rings is 1. The van der Waals surface area contributed by atoms with Crippen LogP contribution in [0.25, 0.3) is 10.2 Å². The van der Waals surface area contributed by atoms with Crippen molar-refractivity contribution in [3.63, 3.8) is 0 Å². The number of thiazole rings is 1. The van der Waals surface area contributed by atoms with Crippen molar-refractivity contribution in [3.8, 4) is 0 Å².